The molecule has 0 bridgehead atoms. The molecule has 0 aliphatic rings. The zero-order valence-electron chi connectivity index (χ0n) is 19.1. The van der Waals surface area contributed by atoms with Crippen molar-refractivity contribution in [3.8, 4) is 0 Å². The molecule has 0 spiro atoms. The molecule has 31 heavy (non-hydrogen) atoms. The molecule has 2 amide bonds. The molecule has 6 nitrogen and oxygen atoms in total. The average Bonchev–Trinajstić information content (AvgIpc) is 2.75. The molecule has 0 unspecified atom stereocenters. The van der Waals surface area contributed by atoms with E-state index in [0.717, 1.165) is 19.3 Å². The minimum Gasteiger partial charge on any atom is -0.337 e. The Bertz CT molecular complexity index is 812. The second-order valence-corrected chi connectivity index (χ2v) is 10.2. The van der Waals surface area contributed by atoms with E-state index in [1.54, 1.807) is 0 Å². The zero-order valence-corrected chi connectivity index (χ0v) is 20.7. The summed E-state index contributed by atoms with van der Waals surface area (Å²) in [6.45, 7) is 4.44. The number of hydrogen-bond acceptors (Lipinski definition) is 4. The first kappa shape index (κ1) is 27.4. The SMILES string of the molecule is CCCCCCCCCCCC(=O)c1cc(Cl)ccc1S(=O)(=O)N(C)C(=O)NCCC. The predicted octanol–water partition coefficient (Wildman–Crippen LogP) is 6.18. The number of nitrogens with zero attached hydrogens (tertiary/aromatic N) is 1. The molecular formula is C23H37ClN2O4S. The molecule has 0 aromatic heterocycles. The standard InChI is InChI=1S/C23H37ClN2O4S/c1-4-6-7-8-9-10-11-12-13-14-21(27)20-18-19(24)15-16-22(20)31(29,30)26(3)23(28)25-17-5-2/h15-16,18H,4-14,17H2,1-3H3,(H,25,28). The number of benzene rings is 1. The van der Waals surface area contributed by atoms with E-state index in [1.165, 1.54) is 57.4 Å². The van der Waals surface area contributed by atoms with Crippen molar-refractivity contribution in [2.75, 3.05) is 13.6 Å². The molecule has 0 radical (unpaired) electrons. The number of hydrogen-bond donors (Lipinski definition) is 1. The molecule has 176 valence electrons. The van der Waals surface area contributed by atoms with Gasteiger partial charge >= 0.3 is 6.03 Å². The summed E-state index contributed by atoms with van der Waals surface area (Å²) in [7, 11) is -2.99. The lowest BCUT2D eigenvalue weighted by Gasteiger charge is -2.20. The maximum absolute atomic E-state index is 13.0. The van der Waals surface area contributed by atoms with Crippen molar-refractivity contribution in [1.82, 2.24) is 9.62 Å². The van der Waals surface area contributed by atoms with E-state index in [9.17, 15) is 18.0 Å². The molecule has 0 saturated heterocycles. The highest BCUT2D eigenvalue weighted by molar-refractivity contribution is 7.89. The Kier molecular flexibility index (Phi) is 12.8. The van der Waals surface area contributed by atoms with Crippen molar-refractivity contribution in [2.45, 2.75) is 89.4 Å². The van der Waals surface area contributed by atoms with Gasteiger partial charge in [-0.25, -0.2) is 17.5 Å². The van der Waals surface area contributed by atoms with E-state index in [-0.39, 0.29) is 27.7 Å². The third-order valence-corrected chi connectivity index (χ3v) is 7.23. The minimum atomic E-state index is -4.17. The number of halogens is 1. The van der Waals surface area contributed by atoms with Gasteiger partial charge in [-0.3, -0.25) is 4.79 Å². The maximum Gasteiger partial charge on any atom is 0.331 e. The quantitative estimate of drug-likeness (QED) is 0.244. The van der Waals surface area contributed by atoms with Crippen LogP contribution < -0.4 is 5.32 Å². The van der Waals surface area contributed by atoms with Crippen molar-refractivity contribution in [1.29, 1.82) is 0 Å². The topological polar surface area (TPSA) is 83.6 Å². The van der Waals surface area contributed by atoms with Gasteiger partial charge in [0.15, 0.2) is 5.78 Å². The van der Waals surface area contributed by atoms with Crippen LogP contribution in [0.25, 0.3) is 0 Å². The van der Waals surface area contributed by atoms with E-state index in [4.69, 9.17) is 11.6 Å². The fourth-order valence-corrected chi connectivity index (χ4v) is 4.72. The monoisotopic (exact) mass is 472 g/mol. The average molecular weight is 473 g/mol. The highest BCUT2D eigenvalue weighted by atomic mass is 35.5. The number of rotatable bonds is 15. The fourth-order valence-electron chi connectivity index (χ4n) is 3.28. The summed E-state index contributed by atoms with van der Waals surface area (Å²) in [5, 5.41) is 2.82. The van der Waals surface area contributed by atoms with Crippen molar-refractivity contribution < 1.29 is 18.0 Å². The van der Waals surface area contributed by atoms with Crippen LogP contribution in [0.5, 0.6) is 0 Å². The van der Waals surface area contributed by atoms with Crippen LogP contribution in [0.4, 0.5) is 4.79 Å². The first-order chi connectivity index (χ1) is 14.8. The highest BCUT2D eigenvalue weighted by Gasteiger charge is 2.29. The zero-order chi connectivity index (χ0) is 23.3. The lowest BCUT2D eigenvalue weighted by Crippen LogP contribution is -2.41. The maximum atomic E-state index is 13.0. The van der Waals surface area contributed by atoms with Crippen molar-refractivity contribution in [3.05, 3.63) is 28.8 Å². The third kappa shape index (κ3) is 9.19. The van der Waals surface area contributed by atoms with Crippen LogP contribution in [0.15, 0.2) is 23.1 Å². The fraction of sp³-hybridized carbons (Fsp3) is 0.652. The number of amides is 2. The molecule has 1 aromatic carbocycles. The van der Waals surface area contributed by atoms with Crippen LogP contribution in [0.3, 0.4) is 0 Å². The van der Waals surface area contributed by atoms with Crippen molar-refractivity contribution in [2.24, 2.45) is 0 Å². The van der Waals surface area contributed by atoms with Crippen molar-refractivity contribution >= 4 is 33.4 Å². The summed E-state index contributed by atoms with van der Waals surface area (Å²) >= 11 is 6.04. The molecule has 0 saturated carbocycles. The molecule has 1 N–H and O–H groups in total. The summed E-state index contributed by atoms with van der Waals surface area (Å²) in [5.41, 5.74) is 0.0437. The Balaban J connectivity index is 2.73. The van der Waals surface area contributed by atoms with E-state index in [1.807, 2.05) is 6.92 Å². The molecule has 0 heterocycles. The minimum absolute atomic E-state index is 0.0437. The smallest absolute Gasteiger partial charge is 0.331 e. The van der Waals surface area contributed by atoms with E-state index >= 15 is 0 Å². The summed E-state index contributed by atoms with van der Waals surface area (Å²) < 4.78 is 26.6. The molecular weight excluding hydrogens is 436 g/mol. The van der Waals surface area contributed by atoms with Gasteiger partial charge in [-0.2, -0.15) is 0 Å². The van der Waals surface area contributed by atoms with Gasteiger partial charge in [-0.05, 0) is 31.0 Å². The van der Waals surface area contributed by atoms with Gasteiger partial charge < -0.3 is 5.32 Å². The van der Waals surface area contributed by atoms with Crippen LogP contribution in [-0.2, 0) is 10.0 Å². The molecule has 1 aromatic rings. The summed E-state index contributed by atoms with van der Waals surface area (Å²) in [5.74, 6) is -0.272. The molecule has 0 aliphatic carbocycles. The van der Waals surface area contributed by atoms with Crippen LogP contribution in [0.1, 0.15) is 94.8 Å². The van der Waals surface area contributed by atoms with Crippen LogP contribution >= 0.6 is 11.6 Å². The first-order valence-corrected chi connectivity index (χ1v) is 13.2. The van der Waals surface area contributed by atoms with E-state index in [2.05, 4.69) is 12.2 Å². The van der Waals surface area contributed by atoms with Crippen LogP contribution in [0.2, 0.25) is 5.02 Å². The number of ketones is 1. The lowest BCUT2D eigenvalue weighted by atomic mass is 10.0. The number of nitrogens with one attached hydrogen (secondary N) is 1. The Morgan fingerprint density at radius 3 is 2.10 bits per heavy atom. The Hall–Kier alpha value is -1.60. The normalized spacial score (nSPS) is 11.4. The Morgan fingerprint density at radius 2 is 1.52 bits per heavy atom. The largest absolute Gasteiger partial charge is 0.337 e. The van der Waals surface area contributed by atoms with Gasteiger partial charge in [0.05, 0.1) is 4.90 Å². The van der Waals surface area contributed by atoms with E-state index in [0.29, 0.717) is 23.7 Å². The van der Waals surface area contributed by atoms with E-state index < -0.39 is 16.1 Å². The van der Waals surface area contributed by atoms with Crippen LogP contribution in [0, 0.1) is 0 Å². The number of urea groups is 1. The third-order valence-electron chi connectivity index (χ3n) is 5.20. The molecule has 0 aliphatic heterocycles. The number of Topliss-reactive ketones (excluding diaryl/α,β-unsaturated/α-hetero) is 1. The number of carbonyl (C=O) groups is 2. The van der Waals surface area contributed by atoms with Gasteiger partial charge in [0, 0.05) is 30.6 Å². The van der Waals surface area contributed by atoms with Crippen LogP contribution in [-0.4, -0.2) is 38.1 Å². The van der Waals surface area contributed by atoms with Gasteiger partial charge in [-0.15, -0.1) is 0 Å². The van der Waals surface area contributed by atoms with Gasteiger partial charge in [0.1, 0.15) is 0 Å². The summed E-state index contributed by atoms with van der Waals surface area (Å²) in [6, 6.07) is 3.36. The number of carbonyl (C=O) groups excluding carboxylic acids is 2. The number of sulfonamides is 1. The number of unbranched alkanes of at least 4 members (excludes halogenated alkanes) is 8. The second-order valence-electron chi connectivity index (χ2n) is 7.85. The molecule has 1 rings (SSSR count). The van der Waals surface area contributed by atoms with Gasteiger partial charge in [0.25, 0.3) is 10.0 Å². The predicted molar refractivity (Wildman–Crippen MR) is 126 cm³/mol. The lowest BCUT2D eigenvalue weighted by molar-refractivity contribution is 0.0975. The van der Waals surface area contributed by atoms with Crippen molar-refractivity contribution in [3.63, 3.8) is 0 Å². The Morgan fingerprint density at radius 1 is 0.935 bits per heavy atom. The summed E-state index contributed by atoms with van der Waals surface area (Å²) in [6.07, 6.45) is 11.1. The second kappa shape index (κ2) is 14.5. The Labute approximate surface area is 192 Å². The molecule has 0 fully saturated rings. The molecule has 8 heteroatoms. The summed E-state index contributed by atoms with van der Waals surface area (Å²) in [4.78, 5) is 24.8. The van der Waals surface area contributed by atoms with Gasteiger partial charge in [0.2, 0.25) is 0 Å². The van der Waals surface area contributed by atoms with Gasteiger partial charge in [-0.1, -0.05) is 76.8 Å². The highest BCUT2D eigenvalue weighted by Crippen LogP contribution is 2.25. The first-order valence-electron chi connectivity index (χ1n) is 11.3. The molecule has 0 atom stereocenters.